The molecule has 6 nitrogen and oxygen atoms in total. The molecule has 0 fully saturated rings. The monoisotopic (exact) mass is 279 g/mol. The molecule has 0 saturated carbocycles. The summed E-state index contributed by atoms with van der Waals surface area (Å²) in [7, 11) is 0. The van der Waals surface area contributed by atoms with E-state index in [1.165, 1.54) is 6.07 Å². The van der Waals surface area contributed by atoms with Gasteiger partial charge >= 0.3 is 11.7 Å². The van der Waals surface area contributed by atoms with Crippen molar-refractivity contribution < 1.29 is 19.6 Å². The molecule has 0 radical (unpaired) electrons. The summed E-state index contributed by atoms with van der Waals surface area (Å²) in [5, 5.41) is 19.2. The number of rotatable bonds is 5. The van der Waals surface area contributed by atoms with Crippen molar-refractivity contribution in [1.29, 1.82) is 0 Å². The average molecular weight is 280 g/mol. The number of carboxylic acid groups (broad SMARTS) is 1. The second-order valence-electron chi connectivity index (χ2n) is 2.99. The molecule has 0 aliphatic heterocycles. The summed E-state index contributed by atoms with van der Waals surface area (Å²) in [6.07, 6.45) is -0.282. The molecule has 1 aromatic carbocycles. The molecule has 1 N–H and O–H groups in total. The predicted molar refractivity (Wildman–Crippen MR) is 60.9 cm³/mol. The number of benzene rings is 1. The second-order valence-corrected chi connectivity index (χ2v) is 3.83. The normalized spacial score (nSPS) is 10.0. The van der Waals surface area contributed by atoms with Gasteiger partial charge in [-0.2, -0.15) is 0 Å². The van der Waals surface area contributed by atoms with Crippen molar-refractivity contribution in [2.24, 2.45) is 0 Å². The summed E-state index contributed by atoms with van der Waals surface area (Å²) < 4.78 is 4.98. The van der Waals surface area contributed by atoms with Crippen molar-refractivity contribution in [2.75, 3.05) is 6.61 Å². The Labute approximate surface area is 106 Å². The van der Waals surface area contributed by atoms with Crippen LogP contribution in [0.15, 0.2) is 12.1 Å². The number of nitrogens with zero attached hydrogens (tertiary/aromatic N) is 1. The summed E-state index contributed by atoms with van der Waals surface area (Å²) in [6.45, 7) is -0.211. The van der Waals surface area contributed by atoms with Crippen LogP contribution in [0, 0.1) is 10.1 Å². The van der Waals surface area contributed by atoms with Gasteiger partial charge in [0.25, 0.3) is 0 Å². The Balaban J connectivity index is 2.96. The molecular formula is C9H7Cl2NO5. The van der Waals surface area contributed by atoms with E-state index in [-0.39, 0.29) is 28.8 Å². The van der Waals surface area contributed by atoms with E-state index in [9.17, 15) is 14.9 Å². The highest BCUT2D eigenvalue weighted by Crippen LogP contribution is 2.37. The number of halogens is 2. The summed E-state index contributed by atoms with van der Waals surface area (Å²) in [5.41, 5.74) is -0.395. The van der Waals surface area contributed by atoms with Crippen molar-refractivity contribution >= 4 is 34.9 Å². The molecule has 0 saturated heterocycles. The average Bonchev–Trinajstić information content (AvgIpc) is 2.19. The van der Waals surface area contributed by atoms with E-state index >= 15 is 0 Å². The minimum absolute atomic E-state index is 0.0328. The van der Waals surface area contributed by atoms with Crippen molar-refractivity contribution in [1.82, 2.24) is 0 Å². The van der Waals surface area contributed by atoms with Crippen LogP contribution in [0.5, 0.6) is 5.75 Å². The van der Waals surface area contributed by atoms with Crippen LogP contribution in [-0.2, 0) is 4.79 Å². The molecule has 17 heavy (non-hydrogen) atoms. The van der Waals surface area contributed by atoms with Crippen LogP contribution in [0.4, 0.5) is 5.69 Å². The number of nitro benzene ring substituents is 1. The van der Waals surface area contributed by atoms with Crippen molar-refractivity contribution in [3.8, 4) is 5.75 Å². The van der Waals surface area contributed by atoms with Crippen LogP contribution >= 0.6 is 23.2 Å². The van der Waals surface area contributed by atoms with Crippen molar-refractivity contribution in [3.63, 3.8) is 0 Å². The number of aliphatic carboxylic acids is 1. The Kier molecular flexibility index (Phi) is 4.53. The second kappa shape index (κ2) is 5.70. The van der Waals surface area contributed by atoms with Crippen LogP contribution < -0.4 is 4.74 Å². The van der Waals surface area contributed by atoms with Gasteiger partial charge in [-0.25, -0.2) is 0 Å². The van der Waals surface area contributed by atoms with E-state index in [1.54, 1.807) is 0 Å². The van der Waals surface area contributed by atoms with E-state index in [1.807, 2.05) is 0 Å². The SMILES string of the molecule is O=C(O)CCOc1c(Cl)cc(Cl)cc1[N+](=O)[O-]. The highest BCUT2D eigenvalue weighted by Gasteiger charge is 2.20. The zero-order valence-corrected chi connectivity index (χ0v) is 9.86. The maximum atomic E-state index is 10.7. The Morgan fingerprint density at radius 3 is 2.65 bits per heavy atom. The lowest BCUT2D eigenvalue weighted by Gasteiger charge is -2.07. The molecule has 0 bridgehead atoms. The van der Waals surface area contributed by atoms with Gasteiger partial charge in [-0.15, -0.1) is 0 Å². The highest BCUT2D eigenvalue weighted by atomic mass is 35.5. The topological polar surface area (TPSA) is 89.7 Å². The van der Waals surface area contributed by atoms with Crippen LogP contribution in [0.3, 0.4) is 0 Å². The lowest BCUT2D eigenvalue weighted by Crippen LogP contribution is -2.06. The lowest BCUT2D eigenvalue weighted by molar-refractivity contribution is -0.385. The van der Waals surface area contributed by atoms with Crippen LogP contribution in [0.1, 0.15) is 6.42 Å². The van der Waals surface area contributed by atoms with E-state index in [2.05, 4.69) is 0 Å². The van der Waals surface area contributed by atoms with Crippen LogP contribution in [-0.4, -0.2) is 22.6 Å². The minimum Gasteiger partial charge on any atom is -0.485 e. The largest absolute Gasteiger partial charge is 0.485 e. The smallest absolute Gasteiger partial charge is 0.314 e. The third-order valence-electron chi connectivity index (χ3n) is 1.75. The van der Waals surface area contributed by atoms with E-state index in [4.69, 9.17) is 33.0 Å². The fraction of sp³-hybridized carbons (Fsp3) is 0.222. The van der Waals surface area contributed by atoms with Gasteiger partial charge in [-0.3, -0.25) is 14.9 Å². The molecule has 0 heterocycles. The minimum atomic E-state index is -1.07. The first-order chi connectivity index (χ1) is 7.91. The molecule has 0 unspecified atom stereocenters. The first-order valence-corrected chi connectivity index (χ1v) is 5.15. The van der Waals surface area contributed by atoms with Crippen LogP contribution in [0.2, 0.25) is 10.0 Å². The predicted octanol–water partition coefficient (Wildman–Crippen LogP) is 2.76. The lowest BCUT2D eigenvalue weighted by atomic mass is 10.3. The molecule has 0 aromatic heterocycles. The molecule has 1 aromatic rings. The Hall–Kier alpha value is -1.53. The maximum Gasteiger partial charge on any atom is 0.314 e. The maximum absolute atomic E-state index is 10.7. The number of hydrogen-bond donors (Lipinski definition) is 1. The third-order valence-corrected chi connectivity index (χ3v) is 2.25. The zero-order chi connectivity index (χ0) is 13.0. The fourth-order valence-corrected chi connectivity index (χ4v) is 1.60. The molecule has 0 spiro atoms. The zero-order valence-electron chi connectivity index (χ0n) is 8.35. The summed E-state index contributed by atoms with van der Waals surface area (Å²) in [6, 6.07) is 2.37. The summed E-state index contributed by atoms with van der Waals surface area (Å²) >= 11 is 11.3. The molecule has 0 atom stereocenters. The number of ether oxygens (including phenoxy) is 1. The van der Waals surface area contributed by atoms with Gasteiger partial charge in [-0.1, -0.05) is 23.2 Å². The van der Waals surface area contributed by atoms with Gasteiger partial charge in [0, 0.05) is 11.1 Å². The van der Waals surface area contributed by atoms with Gasteiger partial charge in [0.2, 0.25) is 5.75 Å². The Bertz CT molecular complexity index is 463. The van der Waals surface area contributed by atoms with Gasteiger partial charge in [0.1, 0.15) is 0 Å². The highest BCUT2D eigenvalue weighted by molar-refractivity contribution is 6.36. The number of hydrogen-bond acceptors (Lipinski definition) is 4. The molecule has 0 aliphatic rings. The third kappa shape index (κ3) is 3.76. The first kappa shape index (κ1) is 13.5. The van der Waals surface area contributed by atoms with E-state index in [0.717, 1.165) is 6.07 Å². The summed E-state index contributed by atoms with van der Waals surface area (Å²) in [5.74, 6) is -1.25. The standard InChI is InChI=1S/C9H7Cl2NO5/c10-5-3-6(11)9(7(4-5)12(15)16)17-2-1-8(13)14/h3-4H,1-2H2,(H,13,14). The summed E-state index contributed by atoms with van der Waals surface area (Å²) in [4.78, 5) is 20.3. The molecule has 92 valence electrons. The fourth-order valence-electron chi connectivity index (χ4n) is 1.07. The van der Waals surface area contributed by atoms with Crippen molar-refractivity contribution in [3.05, 3.63) is 32.3 Å². The van der Waals surface area contributed by atoms with Gasteiger partial charge in [0.15, 0.2) is 0 Å². The molecule has 8 heteroatoms. The number of nitro groups is 1. The van der Waals surface area contributed by atoms with Gasteiger partial charge < -0.3 is 9.84 Å². The van der Waals surface area contributed by atoms with Crippen molar-refractivity contribution in [2.45, 2.75) is 6.42 Å². The van der Waals surface area contributed by atoms with E-state index in [0.29, 0.717) is 0 Å². The van der Waals surface area contributed by atoms with Gasteiger partial charge in [0.05, 0.1) is 23.0 Å². The number of carbonyl (C=O) groups is 1. The number of carboxylic acids is 1. The van der Waals surface area contributed by atoms with Crippen LogP contribution in [0.25, 0.3) is 0 Å². The molecule has 1 rings (SSSR count). The van der Waals surface area contributed by atoms with E-state index < -0.39 is 16.6 Å². The molecular weight excluding hydrogens is 273 g/mol. The molecule has 0 amide bonds. The first-order valence-electron chi connectivity index (χ1n) is 4.40. The Morgan fingerprint density at radius 2 is 2.12 bits per heavy atom. The Morgan fingerprint density at radius 1 is 1.47 bits per heavy atom. The molecule has 0 aliphatic carbocycles. The quantitative estimate of drug-likeness (QED) is 0.661. The van der Waals surface area contributed by atoms with Gasteiger partial charge in [-0.05, 0) is 6.07 Å².